The molecule has 1 atom stereocenters. The van der Waals surface area contributed by atoms with Gasteiger partial charge < -0.3 is 0 Å². The van der Waals surface area contributed by atoms with E-state index in [9.17, 15) is 0 Å². The molecule has 1 aromatic heterocycles. The van der Waals surface area contributed by atoms with E-state index in [2.05, 4.69) is 40.7 Å². The summed E-state index contributed by atoms with van der Waals surface area (Å²) in [7, 11) is 0. The van der Waals surface area contributed by atoms with E-state index in [0.717, 1.165) is 24.8 Å². The summed E-state index contributed by atoms with van der Waals surface area (Å²) in [6, 6.07) is 14.7. The number of pyridine rings is 1. The van der Waals surface area contributed by atoms with Crippen LogP contribution in [0.1, 0.15) is 30.0 Å². The molecule has 0 radical (unpaired) electrons. The summed E-state index contributed by atoms with van der Waals surface area (Å²) in [4.78, 5) is 4.12. The van der Waals surface area contributed by atoms with Crippen molar-refractivity contribution in [1.82, 2.24) is 10.4 Å². The average Bonchev–Trinajstić information content (AvgIpc) is 2.46. The molecule has 0 fully saturated rings. The van der Waals surface area contributed by atoms with Crippen LogP contribution >= 0.6 is 0 Å². The zero-order valence-corrected chi connectivity index (χ0v) is 10.4. The van der Waals surface area contributed by atoms with Gasteiger partial charge in [-0.15, -0.1) is 0 Å². The fourth-order valence-electron chi connectivity index (χ4n) is 2.08. The van der Waals surface area contributed by atoms with Crippen LogP contribution < -0.4 is 11.3 Å². The number of hydrazine groups is 1. The molecule has 3 heteroatoms. The van der Waals surface area contributed by atoms with Gasteiger partial charge in [0.15, 0.2) is 0 Å². The summed E-state index contributed by atoms with van der Waals surface area (Å²) in [5, 5.41) is 0. The minimum atomic E-state index is 0.183. The monoisotopic (exact) mass is 241 g/mol. The van der Waals surface area contributed by atoms with Crippen molar-refractivity contribution in [3.63, 3.8) is 0 Å². The van der Waals surface area contributed by atoms with Crippen LogP contribution in [-0.4, -0.2) is 4.98 Å². The van der Waals surface area contributed by atoms with Gasteiger partial charge in [0, 0.05) is 18.4 Å². The van der Waals surface area contributed by atoms with Crippen LogP contribution in [-0.2, 0) is 6.42 Å². The number of rotatable bonds is 6. The average molecular weight is 241 g/mol. The molecule has 0 aliphatic rings. The van der Waals surface area contributed by atoms with Crippen molar-refractivity contribution in [3.05, 3.63) is 66.0 Å². The van der Waals surface area contributed by atoms with Crippen molar-refractivity contribution in [3.8, 4) is 0 Å². The lowest BCUT2D eigenvalue weighted by molar-refractivity contribution is 0.497. The fraction of sp³-hybridized carbons (Fsp3) is 0.267. The zero-order chi connectivity index (χ0) is 12.6. The summed E-state index contributed by atoms with van der Waals surface area (Å²) < 4.78 is 0. The molecular weight excluding hydrogens is 222 g/mol. The van der Waals surface area contributed by atoms with Gasteiger partial charge in [0.25, 0.3) is 0 Å². The van der Waals surface area contributed by atoms with Gasteiger partial charge in [0.05, 0.1) is 0 Å². The number of benzene rings is 1. The van der Waals surface area contributed by atoms with Crippen LogP contribution in [0.3, 0.4) is 0 Å². The van der Waals surface area contributed by atoms with Gasteiger partial charge >= 0.3 is 0 Å². The Hall–Kier alpha value is -1.71. The molecule has 0 saturated heterocycles. The van der Waals surface area contributed by atoms with E-state index >= 15 is 0 Å². The molecule has 0 aliphatic heterocycles. The van der Waals surface area contributed by atoms with E-state index in [4.69, 9.17) is 5.84 Å². The van der Waals surface area contributed by atoms with Crippen molar-refractivity contribution < 1.29 is 0 Å². The standard InChI is InChI=1S/C15H19N3/c16-18-15(14-9-5-11-17-12-14)10-4-8-13-6-2-1-3-7-13/h1-3,5-7,9,11-12,15,18H,4,8,10,16H2. The first-order valence-corrected chi connectivity index (χ1v) is 6.30. The number of hydrogen-bond donors (Lipinski definition) is 2. The highest BCUT2D eigenvalue weighted by atomic mass is 15.2. The smallest absolute Gasteiger partial charge is 0.0475 e. The second kappa shape index (κ2) is 6.89. The first-order chi connectivity index (χ1) is 8.90. The maximum Gasteiger partial charge on any atom is 0.0475 e. The second-order valence-corrected chi connectivity index (χ2v) is 4.38. The van der Waals surface area contributed by atoms with E-state index in [1.807, 2.05) is 18.3 Å². The predicted octanol–water partition coefficient (Wildman–Crippen LogP) is 2.61. The quantitative estimate of drug-likeness (QED) is 0.604. The van der Waals surface area contributed by atoms with Crippen LogP contribution in [0.5, 0.6) is 0 Å². The van der Waals surface area contributed by atoms with Gasteiger partial charge in [-0.25, -0.2) is 0 Å². The van der Waals surface area contributed by atoms with Crippen molar-refractivity contribution in [2.45, 2.75) is 25.3 Å². The number of nitrogens with two attached hydrogens (primary N) is 1. The first kappa shape index (κ1) is 12.7. The van der Waals surface area contributed by atoms with Gasteiger partial charge in [-0.05, 0) is 36.5 Å². The summed E-state index contributed by atoms with van der Waals surface area (Å²) in [5.74, 6) is 5.61. The summed E-state index contributed by atoms with van der Waals surface area (Å²) in [6.07, 6.45) is 6.85. The molecule has 0 aliphatic carbocycles. The van der Waals surface area contributed by atoms with E-state index in [0.29, 0.717) is 0 Å². The van der Waals surface area contributed by atoms with E-state index in [1.54, 1.807) is 6.20 Å². The predicted molar refractivity (Wildman–Crippen MR) is 73.7 cm³/mol. The molecule has 0 spiro atoms. The van der Waals surface area contributed by atoms with E-state index < -0.39 is 0 Å². The lowest BCUT2D eigenvalue weighted by atomic mass is 10.0. The molecule has 0 saturated carbocycles. The molecule has 1 aromatic carbocycles. The lowest BCUT2D eigenvalue weighted by Crippen LogP contribution is -2.28. The minimum Gasteiger partial charge on any atom is -0.271 e. The van der Waals surface area contributed by atoms with Gasteiger partial charge in [0.1, 0.15) is 0 Å². The van der Waals surface area contributed by atoms with E-state index in [-0.39, 0.29) is 6.04 Å². The summed E-state index contributed by atoms with van der Waals surface area (Å²) in [6.45, 7) is 0. The topological polar surface area (TPSA) is 50.9 Å². The third-order valence-electron chi connectivity index (χ3n) is 3.09. The molecular formula is C15H19N3. The summed E-state index contributed by atoms with van der Waals surface area (Å²) in [5.41, 5.74) is 5.39. The molecule has 0 amide bonds. The molecule has 3 N–H and O–H groups in total. The van der Waals surface area contributed by atoms with Gasteiger partial charge in [-0.2, -0.15) is 0 Å². The third-order valence-corrected chi connectivity index (χ3v) is 3.09. The van der Waals surface area contributed by atoms with Crippen molar-refractivity contribution in [1.29, 1.82) is 0 Å². The highest BCUT2D eigenvalue weighted by Gasteiger charge is 2.08. The maximum absolute atomic E-state index is 5.61. The fourth-order valence-corrected chi connectivity index (χ4v) is 2.08. The molecule has 2 aromatic rings. The summed E-state index contributed by atoms with van der Waals surface area (Å²) >= 11 is 0. The molecule has 0 bridgehead atoms. The number of nitrogens with one attached hydrogen (secondary N) is 1. The minimum absolute atomic E-state index is 0.183. The number of aromatic nitrogens is 1. The Morgan fingerprint density at radius 2 is 1.94 bits per heavy atom. The normalized spacial score (nSPS) is 12.3. The second-order valence-electron chi connectivity index (χ2n) is 4.38. The molecule has 18 heavy (non-hydrogen) atoms. The highest BCUT2D eigenvalue weighted by Crippen LogP contribution is 2.17. The Kier molecular flexibility index (Phi) is 4.88. The molecule has 3 nitrogen and oxygen atoms in total. The Morgan fingerprint density at radius 1 is 1.11 bits per heavy atom. The van der Waals surface area contributed by atoms with Crippen LogP contribution in [0.25, 0.3) is 0 Å². The van der Waals surface area contributed by atoms with Crippen LogP contribution in [0.15, 0.2) is 54.9 Å². The number of nitrogens with zero attached hydrogens (tertiary/aromatic N) is 1. The molecule has 1 heterocycles. The van der Waals surface area contributed by atoms with E-state index in [1.165, 1.54) is 5.56 Å². The first-order valence-electron chi connectivity index (χ1n) is 6.30. The zero-order valence-electron chi connectivity index (χ0n) is 10.4. The van der Waals surface area contributed by atoms with Crippen molar-refractivity contribution in [2.24, 2.45) is 5.84 Å². The largest absolute Gasteiger partial charge is 0.271 e. The Morgan fingerprint density at radius 3 is 2.61 bits per heavy atom. The van der Waals surface area contributed by atoms with Gasteiger partial charge in [0.2, 0.25) is 0 Å². The van der Waals surface area contributed by atoms with Gasteiger partial charge in [-0.3, -0.25) is 16.3 Å². The van der Waals surface area contributed by atoms with Crippen LogP contribution in [0, 0.1) is 0 Å². The Labute approximate surface area is 108 Å². The van der Waals surface area contributed by atoms with Crippen LogP contribution in [0.2, 0.25) is 0 Å². The van der Waals surface area contributed by atoms with Gasteiger partial charge in [-0.1, -0.05) is 36.4 Å². The Balaban J connectivity index is 1.85. The number of hydrogen-bond acceptors (Lipinski definition) is 3. The Bertz CT molecular complexity index is 442. The van der Waals surface area contributed by atoms with Crippen molar-refractivity contribution in [2.75, 3.05) is 0 Å². The molecule has 94 valence electrons. The molecule has 2 rings (SSSR count). The van der Waals surface area contributed by atoms with Crippen molar-refractivity contribution >= 4 is 0 Å². The van der Waals surface area contributed by atoms with Crippen LogP contribution in [0.4, 0.5) is 0 Å². The third kappa shape index (κ3) is 3.65. The lowest BCUT2D eigenvalue weighted by Gasteiger charge is -2.15. The number of aryl methyl sites for hydroxylation is 1. The highest BCUT2D eigenvalue weighted by molar-refractivity contribution is 5.16. The SMILES string of the molecule is NNC(CCCc1ccccc1)c1cccnc1. The maximum atomic E-state index is 5.61. The molecule has 1 unspecified atom stereocenters.